The molecule has 1 saturated heterocycles. The molecule has 0 aromatic heterocycles. The monoisotopic (exact) mass is 906 g/mol. The van der Waals surface area contributed by atoms with Gasteiger partial charge in [0.25, 0.3) is 0 Å². The first-order chi connectivity index (χ1) is 26.5. The fourth-order valence-electron chi connectivity index (χ4n) is 6.91. The zero-order valence-electron chi connectivity index (χ0n) is 32.4. The Morgan fingerprint density at radius 2 is 0.891 bits per heavy atom. The Balaban J connectivity index is 0.000000672. The Morgan fingerprint density at radius 3 is 1.22 bits per heavy atom. The van der Waals surface area contributed by atoms with E-state index < -0.39 is 0 Å². The molecular formula is C46H49B2N4O2Pt-. The summed E-state index contributed by atoms with van der Waals surface area (Å²) in [6.07, 6.45) is -0.278. The predicted molar refractivity (Wildman–Crippen MR) is 230 cm³/mol. The van der Waals surface area contributed by atoms with E-state index in [1.54, 1.807) is 13.8 Å². The van der Waals surface area contributed by atoms with E-state index in [1.807, 2.05) is 12.1 Å². The number of nitrogens with zero attached hydrogens (tertiary/aromatic N) is 4. The summed E-state index contributed by atoms with van der Waals surface area (Å²) < 4.78 is 1.09. The van der Waals surface area contributed by atoms with Crippen LogP contribution < -0.4 is 19.2 Å². The van der Waals surface area contributed by atoms with Gasteiger partial charge in [0.05, 0.1) is 12.2 Å². The Labute approximate surface area is 339 Å². The maximum absolute atomic E-state index is 8.56. The van der Waals surface area contributed by atoms with Crippen LogP contribution in [-0.2, 0) is 19.4 Å². The third-order valence-corrected chi connectivity index (χ3v) is 10.7. The first-order valence-corrected chi connectivity index (χ1v) is 20.0. The van der Waals surface area contributed by atoms with Crippen molar-refractivity contribution in [3.8, 4) is 0 Å². The minimum absolute atomic E-state index is 0.221. The molecule has 6 nitrogen and oxygen atoms in total. The molecule has 55 heavy (non-hydrogen) atoms. The van der Waals surface area contributed by atoms with Gasteiger partial charge < -0.3 is 10.2 Å². The van der Waals surface area contributed by atoms with E-state index >= 15 is 0 Å². The average molecular weight is 907 g/mol. The second kappa shape index (κ2) is 18.2. The number of rotatable bonds is 10. The topological polar surface area (TPSA) is 53.4 Å². The molecule has 2 unspecified atom stereocenters. The van der Waals surface area contributed by atoms with E-state index in [1.165, 1.54) is 22.3 Å². The summed E-state index contributed by atoms with van der Waals surface area (Å²) in [6.45, 7) is 11.5. The van der Waals surface area contributed by atoms with Gasteiger partial charge in [-0.2, -0.15) is 0 Å². The molecule has 282 valence electrons. The van der Waals surface area contributed by atoms with Crippen LogP contribution in [0.3, 0.4) is 0 Å². The van der Waals surface area contributed by atoms with Crippen LogP contribution in [0.15, 0.2) is 152 Å². The standard InChI is InChI=1S/C41H37B2N4.C5H12O2.Pt/c1-32-15-23-38(24-16-32)46(39-25-17-33(2)18-26-39)42-43(47(40-27-19-34(3)20-28-40)41-29-21-35(4)22-30-41)45(37-13-9-6-10-14-37)31-44(42)36-11-7-5-8-12-36;1-4(6)3-5(2)7;/h5-13,15-30H,1-4H3;4-7H,3H2,1-2H3;/q-1;;. The van der Waals surface area contributed by atoms with Crippen LogP contribution in [0.2, 0.25) is 0 Å². The van der Waals surface area contributed by atoms with Gasteiger partial charge in [0.1, 0.15) is 0 Å². The van der Waals surface area contributed by atoms with Crippen LogP contribution in [0, 0.1) is 33.8 Å². The molecule has 0 amide bonds. The molecule has 9 heteroatoms. The van der Waals surface area contributed by atoms with Crippen molar-refractivity contribution in [2.45, 2.75) is 60.2 Å². The summed E-state index contributed by atoms with van der Waals surface area (Å²) in [7, 11) is 0. The normalized spacial score (nSPS) is 13.7. The summed E-state index contributed by atoms with van der Waals surface area (Å²) >= 11 is 2.53. The van der Waals surface area contributed by atoms with E-state index in [0.717, 1.165) is 38.3 Å². The van der Waals surface area contributed by atoms with E-state index in [-0.39, 0.29) is 26.0 Å². The zero-order valence-corrected chi connectivity index (χ0v) is 34.7. The first-order valence-electron chi connectivity index (χ1n) is 18.8. The molecule has 6 aromatic rings. The van der Waals surface area contributed by atoms with Crippen molar-refractivity contribution in [2.75, 3.05) is 19.2 Å². The number of anilines is 6. The summed E-state index contributed by atoms with van der Waals surface area (Å²) in [4.78, 5) is 9.95. The van der Waals surface area contributed by atoms with Gasteiger partial charge in [0.15, 0.2) is 0 Å². The number of aliphatic hydroxyl groups is 2. The van der Waals surface area contributed by atoms with Gasteiger partial charge in [0, 0.05) is 0 Å². The Hall–Kier alpha value is -4.87. The molecule has 1 aliphatic heterocycles. The van der Waals surface area contributed by atoms with E-state index in [9.17, 15) is 0 Å². The fraction of sp³-hybridized carbons (Fsp3) is 0.196. The number of para-hydroxylation sites is 2. The maximum atomic E-state index is 8.56. The van der Waals surface area contributed by atoms with Gasteiger partial charge in [0.2, 0.25) is 0 Å². The minimum atomic E-state index is -0.375. The molecule has 1 fully saturated rings. The zero-order chi connectivity index (χ0) is 39.1. The fourth-order valence-corrected chi connectivity index (χ4v) is 8.08. The molecule has 0 saturated carbocycles. The molecule has 0 bridgehead atoms. The van der Waals surface area contributed by atoms with Crippen molar-refractivity contribution in [3.05, 3.63) is 180 Å². The molecule has 1 heterocycles. The summed E-state index contributed by atoms with van der Waals surface area (Å²) in [6, 6.07) is 58.4. The second-order valence-corrected chi connectivity index (χ2v) is 15.4. The van der Waals surface area contributed by atoms with Gasteiger partial charge in [-0.15, -0.1) is 0 Å². The molecular weight excluding hydrogens is 857 g/mol. The predicted octanol–water partition coefficient (Wildman–Crippen LogP) is 9.55. The van der Waals surface area contributed by atoms with Crippen LogP contribution in [0.5, 0.6) is 0 Å². The molecule has 1 aliphatic rings. The van der Waals surface area contributed by atoms with Crippen molar-refractivity contribution in [1.29, 1.82) is 0 Å². The van der Waals surface area contributed by atoms with E-state index in [4.69, 9.17) is 10.2 Å². The number of aliphatic hydroxyl groups excluding tert-OH is 2. The van der Waals surface area contributed by atoms with Crippen molar-refractivity contribution in [2.24, 2.45) is 0 Å². The van der Waals surface area contributed by atoms with Gasteiger partial charge >= 0.3 is 298 Å². The van der Waals surface area contributed by atoms with Crippen LogP contribution >= 0.6 is 0 Å². The van der Waals surface area contributed by atoms with Crippen molar-refractivity contribution < 1.29 is 29.6 Å². The number of benzene rings is 6. The quantitative estimate of drug-likeness (QED) is 0.106. The van der Waals surface area contributed by atoms with Crippen molar-refractivity contribution >= 4 is 52.0 Å². The Morgan fingerprint density at radius 1 is 0.527 bits per heavy atom. The van der Waals surface area contributed by atoms with E-state index in [2.05, 4.69) is 212 Å². The van der Waals surface area contributed by atoms with Crippen LogP contribution in [-0.4, -0.2) is 40.3 Å². The molecule has 2 N–H and O–H groups in total. The summed E-state index contributed by atoms with van der Waals surface area (Å²) in [5.41, 5.74) is 11.5. The molecule has 2 atom stereocenters. The van der Waals surface area contributed by atoms with Crippen LogP contribution in [0.4, 0.5) is 34.1 Å². The first kappa shape index (κ1) is 39.8. The second-order valence-electron chi connectivity index (χ2n) is 14.4. The Bertz CT molecular complexity index is 1870. The van der Waals surface area contributed by atoms with Gasteiger partial charge in [-0.25, -0.2) is 0 Å². The number of hydrogen-bond donors (Lipinski definition) is 2. The molecule has 0 radical (unpaired) electrons. The molecule has 0 spiro atoms. The summed E-state index contributed by atoms with van der Waals surface area (Å²) in [5.74, 6) is 0. The summed E-state index contributed by atoms with van der Waals surface area (Å²) in [5, 5.41) is 17.1. The van der Waals surface area contributed by atoms with Crippen molar-refractivity contribution in [1.82, 2.24) is 0 Å². The molecule has 6 aromatic carbocycles. The third-order valence-electron chi connectivity index (χ3n) is 9.61. The Kier molecular flexibility index (Phi) is 13.2. The third kappa shape index (κ3) is 9.51. The van der Waals surface area contributed by atoms with Gasteiger partial charge in [-0.3, -0.25) is 0 Å². The van der Waals surface area contributed by atoms with Crippen molar-refractivity contribution in [3.63, 3.8) is 0 Å². The number of hydrogen-bond acceptors (Lipinski definition) is 6. The van der Waals surface area contributed by atoms with Crippen LogP contribution in [0.25, 0.3) is 0 Å². The average Bonchev–Trinajstić information content (AvgIpc) is 3.46. The number of aryl methyl sites for hydroxylation is 4. The SMILES string of the molecule is CC(O)CC(C)O.Cc1ccc(N(B2B(N(c3ccc(C)cc3)c3ccc(C)cc3)N(c3ccccc3)[C](=[Pt])N2c2[c-]cccc2)c2ccc(C)cc2)cc1. The molecule has 0 aliphatic carbocycles. The van der Waals surface area contributed by atoms with Crippen LogP contribution in [0.1, 0.15) is 42.5 Å². The van der Waals surface area contributed by atoms with Gasteiger partial charge in [-0.05, 0) is 20.3 Å². The van der Waals surface area contributed by atoms with Gasteiger partial charge in [-0.1, -0.05) is 0 Å². The molecule has 7 rings (SSSR count). The van der Waals surface area contributed by atoms with E-state index in [0.29, 0.717) is 6.42 Å².